The summed E-state index contributed by atoms with van der Waals surface area (Å²) in [5, 5.41) is 10.7. The second kappa shape index (κ2) is 7.20. The highest BCUT2D eigenvalue weighted by atomic mass is 79.9. The average Bonchev–Trinajstić information content (AvgIpc) is 2.38. The van der Waals surface area contributed by atoms with Gasteiger partial charge in [0.15, 0.2) is 0 Å². The van der Waals surface area contributed by atoms with Crippen LogP contribution in [-0.4, -0.2) is 42.5 Å². The van der Waals surface area contributed by atoms with Gasteiger partial charge in [-0.25, -0.2) is 0 Å². The molecule has 1 rings (SSSR count). The van der Waals surface area contributed by atoms with Gasteiger partial charge >= 0.3 is 0 Å². The molecule has 0 heterocycles. The van der Waals surface area contributed by atoms with Crippen LogP contribution in [0.1, 0.15) is 17.3 Å². The van der Waals surface area contributed by atoms with E-state index in [2.05, 4.69) is 15.9 Å². The lowest BCUT2D eigenvalue weighted by atomic mass is 10.2. The average molecular weight is 331 g/mol. The van der Waals surface area contributed by atoms with Crippen LogP contribution in [0.5, 0.6) is 0 Å². The van der Waals surface area contributed by atoms with Gasteiger partial charge in [-0.1, -0.05) is 0 Å². The maximum absolute atomic E-state index is 12.2. The molecule has 0 unspecified atom stereocenters. The molecular weight excluding hydrogens is 316 g/mol. The first-order valence-electron chi connectivity index (χ1n) is 5.74. The number of amides is 1. The largest absolute Gasteiger partial charge is 0.380 e. The molecule has 7 heteroatoms. The van der Waals surface area contributed by atoms with Gasteiger partial charge in [-0.3, -0.25) is 14.9 Å². The molecule has 1 amide bonds. The van der Waals surface area contributed by atoms with Gasteiger partial charge in [0.05, 0.1) is 17.1 Å². The van der Waals surface area contributed by atoms with Crippen molar-refractivity contribution in [2.75, 3.05) is 26.8 Å². The minimum absolute atomic E-state index is 0.107. The van der Waals surface area contributed by atoms with Crippen LogP contribution in [-0.2, 0) is 4.74 Å². The minimum atomic E-state index is -0.524. The van der Waals surface area contributed by atoms with Crippen molar-refractivity contribution in [2.45, 2.75) is 6.92 Å². The molecule has 0 spiro atoms. The van der Waals surface area contributed by atoms with Crippen LogP contribution < -0.4 is 0 Å². The maximum atomic E-state index is 12.2. The number of non-ortho nitro benzene ring substituents is 1. The van der Waals surface area contributed by atoms with Crippen molar-refractivity contribution in [2.24, 2.45) is 0 Å². The lowest BCUT2D eigenvalue weighted by Gasteiger charge is -2.17. The lowest BCUT2D eigenvalue weighted by Crippen LogP contribution is -2.30. The Labute approximate surface area is 119 Å². The minimum Gasteiger partial charge on any atom is -0.380 e. The molecule has 0 radical (unpaired) electrons. The van der Waals surface area contributed by atoms with E-state index in [-0.39, 0.29) is 17.2 Å². The Kier molecular flexibility index (Phi) is 5.91. The van der Waals surface area contributed by atoms with Crippen LogP contribution in [0.4, 0.5) is 5.69 Å². The van der Waals surface area contributed by atoms with Crippen LogP contribution in [0.2, 0.25) is 0 Å². The topological polar surface area (TPSA) is 72.7 Å². The first kappa shape index (κ1) is 15.6. The smallest absolute Gasteiger partial charge is 0.270 e. The third kappa shape index (κ3) is 4.29. The number of carbonyl (C=O) groups excluding carboxylic acids is 1. The normalized spacial score (nSPS) is 10.3. The molecular formula is C12H15BrN2O4. The number of hydrogen-bond donors (Lipinski definition) is 0. The highest BCUT2D eigenvalue weighted by Gasteiger charge is 2.18. The zero-order valence-electron chi connectivity index (χ0n) is 10.8. The van der Waals surface area contributed by atoms with Crippen LogP contribution in [0.3, 0.4) is 0 Å². The molecule has 1 aromatic carbocycles. The first-order chi connectivity index (χ1) is 8.97. The maximum Gasteiger partial charge on any atom is 0.270 e. The molecule has 0 aromatic heterocycles. The van der Waals surface area contributed by atoms with Crippen molar-refractivity contribution in [3.05, 3.63) is 38.3 Å². The summed E-state index contributed by atoms with van der Waals surface area (Å²) in [5.74, 6) is -0.282. The van der Waals surface area contributed by atoms with E-state index in [0.29, 0.717) is 24.2 Å². The third-order valence-electron chi connectivity index (χ3n) is 2.51. The van der Waals surface area contributed by atoms with Gasteiger partial charge in [0.2, 0.25) is 0 Å². The fourth-order valence-corrected chi connectivity index (χ4v) is 1.86. The Morgan fingerprint density at radius 1 is 1.53 bits per heavy atom. The van der Waals surface area contributed by atoms with E-state index < -0.39 is 4.92 Å². The van der Waals surface area contributed by atoms with Gasteiger partial charge in [-0.2, -0.15) is 0 Å². The van der Waals surface area contributed by atoms with Gasteiger partial charge in [-0.05, 0) is 28.9 Å². The number of carbonyl (C=O) groups is 1. The van der Waals surface area contributed by atoms with Crippen molar-refractivity contribution in [3.63, 3.8) is 0 Å². The summed E-state index contributed by atoms with van der Waals surface area (Å²) in [5.41, 5.74) is 0.165. The van der Waals surface area contributed by atoms with Crippen molar-refractivity contribution in [1.82, 2.24) is 4.90 Å². The van der Waals surface area contributed by atoms with Gasteiger partial charge in [0, 0.05) is 36.8 Å². The molecule has 0 saturated carbocycles. The molecule has 1 aromatic rings. The number of nitro benzene ring substituents is 1. The number of nitro groups is 1. The fourth-order valence-electron chi connectivity index (χ4n) is 1.44. The Balaban J connectivity index is 2.86. The molecule has 6 nitrogen and oxygen atoms in total. The number of nitrogens with zero attached hydrogens (tertiary/aromatic N) is 2. The lowest BCUT2D eigenvalue weighted by molar-refractivity contribution is -0.384. The first-order valence-corrected chi connectivity index (χ1v) is 6.53. The van der Waals surface area contributed by atoms with E-state index in [0.717, 1.165) is 0 Å². The van der Waals surface area contributed by atoms with Gasteiger partial charge in [0.25, 0.3) is 11.6 Å². The van der Waals surface area contributed by atoms with E-state index in [4.69, 9.17) is 4.74 Å². The zero-order valence-corrected chi connectivity index (χ0v) is 12.3. The van der Waals surface area contributed by atoms with E-state index in [1.54, 1.807) is 7.05 Å². The highest BCUT2D eigenvalue weighted by Crippen LogP contribution is 2.23. The van der Waals surface area contributed by atoms with Crippen molar-refractivity contribution >= 4 is 27.5 Å². The predicted octanol–water partition coefficient (Wildman–Crippen LogP) is 2.47. The van der Waals surface area contributed by atoms with E-state index in [9.17, 15) is 14.9 Å². The second-order valence-electron chi connectivity index (χ2n) is 3.84. The summed E-state index contributed by atoms with van der Waals surface area (Å²) in [6.45, 7) is 3.33. The number of likely N-dealkylation sites (N-methyl/N-ethyl adjacent to an activating group) is 1. The molecule has 0 saturated heterocycles. The number of ether oxygens (including phenoxy) is 1. The van der Waals surface area contributed by atoms with E-state index >= 15 is 0 Å². The standard InChI is InChI=1S/C12H15BrN2O4/c1-3-19-7-6-14(2)12(16)10-8-9(15(17)18)4-5-11(10)13/h4-5,8H,3,6-7H2,1-2H3. The third-order valence-corrected chi connectivity index (χ3v) is 3.20. The summed E-state index contributed by atoms with van der Waals surface area (Å²) in [6, 6.07) is 4.12. The molecule has 0 atom stereocenters. The van der Waals surface area contributed by atoms with Gasteiger partial charge in [0.1, 0.15) is 0 Å². The summed E-state index contributed by atoms with van der Waals surface area (Å²) in [7, 11) is 1.63. The van der Waals surface area contributed by atoms with Crippen molar-refractivity contribution < 1.29 is 14.5 Å². The zero-order chi connectivity index (χ0) is 14.4. The van der Waals surface area contributed by atoms with Crippen molar-refractivity contribution in [1.29, 1.82) is 0 Å². The van der Waals surface area contributed by atoms with Gasteiger partial charge in [-0.15, -0.1) is 0 Å². The molecule has 0 aliphatic rings. The quantitative estimate of drug-likeness (QED) is 0.456. The number of halogens is 1. The molecule has 104 valence electrons. The van der Waals surface area contributed by atoms with Crippen LogP contribution in [0.25, 0.3) is 0 Å². The summed E-state index contributed by atoms with van der Waals surface area (Å²) in [6.07, 6.45) is 0. The van der Waals surface area contributed by atoms with Crippen LogP contribution >= 0.6 is 15.9 Å². The Hall–Kier alpha value is -1.47. The Bertz CT molecular complexity index is 479. The SMILES string of the molecule is CCOCCN(C)C(=O)c1cc([N+](=O)[O-])ccc1Br. The Morgan fingerprint density at radius 3 is 2.79 bits per heavy atom. The molecule has 0 fully saturated rings. The number of benzene rings is 1. The Morgan fingerprint density at radius 2 is 2.21 bits per heavy atom. The van der Waals surface area contributed by atoms with Crippen LogP contribution in [0, 0.1) is 10.1 Å². The summed E-state index contributed by atoms with van der Waals surface area (Å²) >= 11 is 3.23. The van der Waals surface area contributed by atoms with Crippen LogP contribution in [0.15, 0.2) is 22.7 Å². The molecule has 0 N–H and O–H groups in total. The second-order valence-corrected chi connectivity index (χ2v) is 4.70. The van der Waals surface area contributed by atoms with E-state index in [1.807, 2.05) is 6.92 Å². The highest BCUT2D eigenvalue weighted by molar-refractivity contribution is 9.10. The summed E-state index contributed by atoms with van der Waals surface area (Å²) < 4.78 is 5.70. The number of hydrogen-bond acceptors (Lipinski definition) is 4. The van der Waals surface area contributed by atoms with Crippen molar-refractivity contribution in [3.8, 4) is 0 Å². The van der Waals surface area contributed by atoms with E-state index in [1.165, 1.54) is 23.1 Å². The molecule has 0 aliphatic heterocycles. The molecule has 19 heavy (non-hydrogen) atoms. The predicted molar refractivity (Wildman–Crippen MR) is 74.2 cm³/mol. The monoisotopic (exact) mass is 330 g/mol. The molecule has 0 aliphatic carbocycles. The van der Waals surface area contributed by atoms with Gasteiger partial charge < -0.3 is 9.64 Å². The number of rotatable bonds is 6. The summed E-state index contributed by atoms with van der Waals surface area (Å²) in [4.78, 5) is 23.8. The molecule has 0 bridgehead atoms. The fraction of sp³-hybridized carbons (Fsp3) is 0.417.